The first-order valence-electron chi connectivity index (χ1n) is 2.66. The van der Waals surface area contributed by atoms with Crippen LogP contribution in [0.5, 0.6) is 0 Å². The Hall–Kier alpha value is 0.0383. The molecule has 0 amide bonds. The van der Waals surface area contributed by atoms with E-state index in [-0.39, 0.29) is 0 Å². The van der Waals surface area contributed by atoms with Gasteiger partial charge in [-0.2, -0.15) is 0 Å². The summed E-state index contributed by atoms with van der Waals surface area (Å²) >= 11 is 1.55. The molecule has 0 aromatic rings. The standard InChI is InChI=1S/C7H8.W/c1-6-4-3-5-7(6)2;/h1,3,5H,4H2,2H3;. The van der Waals surface area contributed by atoms with E-state index in [0.29, 0.717) is 0 Å². The molecule has 0 bridgehead atoms. The maximum atomic E-state index is 2.26. The van der Waals surface area contributed by atoms with Gasteiger partial charge in [0.2, 0.25) is 0 Å². The van der Waals surface area contributed by atoms with Crippen molar-refractivity contribution in [3.63, 3.8) is 0 Å². The Labute approximate surface area is 60.7 Å². The molecule has 0 N–H and O–H groups in total. The quantitative estimate of drug-likeness (QED) is 0.682. The van der Waals surface area contributed by atoms with Crippen LogP contribution < -0.4 is 0 Å². The van der Waals surface area contributed by atoms with Gasteiger partial charge in [-0.05, 0) is 0 Å². The molecule has 0 nitrogen and oxygen atoms in total. The Balaban J connectivity index is 2.82. The zero-order valence-electron chi connectivity index (χ0n) is 4.85. The Bertz CT molecular complexity index is 163. The predicted molar refractivity (Wildman–Crippen MR) is 32.5 cm³/mol. The third kappa shape index (κ3) is 1.06. The van der Waals surface area contributed by atoms with Gasteiger partial charge in [-0.3, -0.25) is 0 Å². The van der Waals surface area contributed by atoms with Gasteiger partial charge in [0.25, 0.3) is 0 Å². The van der Waals surface area contributed by atoms with Crippen molar-refractivity contribution in [2.24, 2.45) is 0 Å². The SMILES string of the molecule is CC1=C([CH]=[W])CC=C1. The summed E-state index contributed by atoms with van der Waals surface area (Å²) in [5.74, 6) is 0. The molecule has 1 aliphatic rings. The van der Waals surface area contributed by atoms with Crippen molar-refractivity contribution in [1.29, 1.82) is 0 Å². The van der Waals surface area contributed by atoms with E-state index in [1.54, 1.807) is 19.4 Å². The monoisotopic (exact) mass is 276 g/mol. The van der Waals surface area contributed by atoms with Gasteiger partial charge in [0.1, 0.15) is 0 Å². The average Bonchev–Trinajstić information content (AvgIpc) is 2.14. The van der Waals surface area contributed by atoms with Crippen molar-refractivity contribution < 1.29 is 19.4 Å². The van der Waals surface area contributed by atoms with E-state index in [9.17, 15) is 0 Å². The van der Waals surface area contributed by atoms with Crippen LogP contribution in [0.2, 0.25) is 0 Å². The normalized spacial score (nSPS) is 17.6. The van der Waals surface area contributed by atoms with Crippen LogP contribution in [0.3, 0.4) is 0 Å². The van der Waals surface area contributed by atoms with Gasteiger partial charge >= 0.3 is 60.4 Å². The van der Waals surface area contributed by atoms with Crippen molar-refractivity contribution in [1.82, 2.24) is 0 Å². The second-order valence-electron chi connectivity index (χ2n) is 1.93. The average molecular weight is 276 g/mol. The summed E-state index contributed by atoms with van der Waals surface area (Å²) in [6.45, 7) is 2.16. The molecule has 8 heavy (non-hydrogen) atoms. The molecular formula is C7H8W. The molecule has 0 radical (unpaired) electrons. The predicted octanol–water partition coefficient (Wildman–Crippen LogP) is 1.61. The molecule has 0 unspecified atom stereocenters. The molecular weight excluding hydrogens is 268 g/mol. The Morgan fingerprint density at radius 1 is 1.75 bits per heavy atom. The van der Waals surface area contributed by atoms with Gasteiger partial charge in [-0.1, -0.05) is 0 Å². The third-order valence-corrected chi connectivity index (χ3v) is 2.38. The van der Waals surface area contributed by atoms with Crippen molar-refractivity contribution in [3.05, 3.63) is 23.3 Å². The van der Waals surface area contributed by atoms with Crippen molar-refractivity contribution >= 4 is 4.40 Å². The molecule has 0 heterocycles. The van der Waals surface area contributed by atoms with Crippen LogP contribution in [0.4, 0.5) is 0 Å². The molecule has 42 valence electrons. The van der Waals surface area contributed by atoms with E-state index in [1.165, 1.54) is 11.1 Å². The summed E-state index contributed by atoms with van der Waals surface area (Å²) in [5, 5.41) is 0. The molecule has 1 rings (SSSR count). The van der Waals surface area contributed by atoms with E-state index in [0.717, 1.165) is 6.42 Å². The summed E-state index contributed by atoms with van der Waals surface area (Å²) in [6.07, 6.45) is 5.56. The van der Waals surface area contributed by atoms with Crippen LogP contribution in [0.1, 0.15) is 13.3 Å². The zero-order chi connectivity index (χ0) is 5.98. The minimum atomic E-state index is 1.16. The van der Waals surface area contributed by atoms with Crippen LogP contribution in [0.15, 0.2) is 23.3 Å². The second-order valence-corrected chi connectivity index (χ2v) is 2.78. The fourth-order valence-electron chi connectivity index (χ4n) is 0.772. The Morgan fingerprint density at radius 3 is 2.75 bits per heavy atom. The Kier molecular flexibility index (Phi) is 1.96. The fourth-order valence-corrected chi connectivity index (χ4v) is 1.79. The summed E-state index contributed by atoms with van der Waals surface area (Å²) in [7, 11) is 0. The van der Waals surface area contributed by atoms with Gasteiger partial charge in [-0.25, -0.2) is 0 Å². The molecule has 0 spiro atoms. The molecule has 0 aromatic carbocycles. The zero-order valence-corrected chi connectivity index (χ0v) is 7.78. The van der Waals surface area contributed by atoms with E-state index in [1.807, 2.05) is 0 Å². The molecule has 0 fully saturated rings. The molecule has 0 aliphatic heterocycles. The van der Waals surface area contributed by atoms with Crippen molar-refractivity contribution in [3.8, 4) is 0 Å². The minimum absolute atomic E-state index is 1.16. The van der Waals surface area contributed by atoms with Crippen LogP contribution >= 0.6 is 0 Å². The topological polar surface area (TPSA) is 0 Å². The summed E-state index contributed by atoms with van der Waals surface area (Å²) in [4.78, 5) is 0. The number of rotatable bonds is 1. The van der Waals surface area contributed by atoms with Crippen molar-refractivity contribution in [2.45, 2.75) is 13.3 Å². The number of hydrogen-bond acceptors (Lipinski definition) is 0. The summed E-state index contributed by atoms with van der Waals surface area (Å²) < 4.78 is 2.26. The first-order valence-corrected chi connectivity index (χ1v) is 4.35. The molecule has 0 saturated carbocycles. The van der Waals surface area contributed by atoms with Gasteiger partial charge < -0.3 is 0 Å². The molecule has 1 aliphatic carbocycles. The van der Waals surface area contributed by atoms with Gasteiger partial charge in [-0.15, -0.1) is 0 Å². The van der Waals surface area contributed by atoms with Crippen molar-refractivity contribution in [2.75, 3.05) is 0 Å². The number of hydrogen-bond donors (Lipinski definition) is 0. The van der Waals surface area contributed by atoms with Crippen LogP contribution in [-0.2, 0) is 19.4 Å². The van der Waals surface area contributed by atoms with Crippen LogP contribution in [-0.4, -0.2) is 4.40 Å². The van der Waals surface area contributed by atoms with E-state index in [2.05, 4.69) is 23.5 Å². The van der Waals surface area contributed by atoms with E-state index >= 15 is 0 Å². The van der Waals surface area contributed by atoms with Crippen LogP contribution in [0, 0.1) is 0 Å². The maximum absolute atomic E-state index is 2.26. The first kappa shape index (κ1) is 6.16. The summed E-state index contributed by atoms with van der Waals surface area (Å²) in [6, 6.07) is 0. The van der Waals surface area contributed by atoms with E-state index < -0.39 is 0 Å². The Morgan fingerprint density at radius 2 is 2.50 bits per heavy atom. The van der Waals surface area contributed by atoms with Gasteiger partial charge in [0.05, 0.1) is 0 Å². The molecule has 0 aromatic heterocycles. The van der Waals surface area contributed by atoms with E-state index in [4.69, 9.17) is 0 Å². The molecule has 0 atom stereocenters. The van der Waals surface area contributed by atoms with Gasteiger partial charge in [0.15, 0.2) is 0 Å². The van der Waals surface area contributed by atoms with Gasteiger partial charge in [0, 0.05) is 0 Å². The summed E-state index contributed by atoms with van der Waals surface area (Å²) in [5.41, 5.74) is 2.96. The molecule has 1 heteroatoms. The first-order chi connectivity index (χ1) is 3.84. The third-order valence-electron chi connectivity index (χ3n) is 1.35. The van der Waals surface area contributed by atoms with Crippen LogP contribution in [0.25, 0.3) is 0 Å². The molecule has 0 saturated heterocycles. The second kappa shape index (κ2) is 2.55. The fraction of sp³-hybridized carbons (Fsp3) is 0.286. The number of allylic oxidation sites excluding steroid dienone is 4.